The maximum atomic E-state index is 13.8. The van der Waals surface area contributed by atoms with E-state index in [2.05, 4.69) is 45.6 Å². The van der Waals surface area contributed by atoms with Gasteiger partial charge < -0.3 is 28.9 Å². The van der Waals surface area contributed by atoms with Gasteiger partial charge in [0.1, 0.15) is 34.8 Å². The number of halogens is 1. The summed E-state index contributed by atoms with van der Waals surface area (Å²) >= 11 is 6.28. The summed E-state index contributed by atoms with van der Waals surface area (Å²) in [6, 6.07) is 10.6. The number of nitrogens with zero attached hydrogens (tertiary/aromatic N) is 5. The Hall–Kier alpha value is -4.48. The number of nitriles is 1. The van der Waals surface area contributed by atoms with E-state index in [0.29, 0.717) is 65.8 Å². The van der Waals surface area contributed by atoms with Gasteiger partial charge in [0, 0.05) is 54.0 Å². The maximum Gasteiger partial charge on any atom is 0.410 e. The van der Waals surface area contributed by atoms with Crippen LogP contribution in [-0.4, -0.2) is 86.3 Å². The molecule has 2 aliphatic carbocycles. The zero-order valence-corrected chi connectivity index (χ0v) is 34.5. The molecular weight excluding hydrogens is 718 g/mol. The van der Waals surface area contributed by atoms with E-state index in [1.807, 2.05) is 63.5 Å². The molecule has 1 aromatic carbocycles. The van der Waals surface area contributed by atoms with Gasteiger partial charge in [0.05, 0.1) is 28.4 Å². The van der Waals surface area contributed by atoms with Crippen molar-refractivity contribution in [2.24, 2.45) is 16.7 Å². The van der Waals surface area contributed by atoms with Gasteiger partial charge in [-0.2, -0.15) is 5.26 Å². The van der Waals surface area contributed by atoms with E-state index in [0.717, 1.165) is 12.8 Å². The zero-order valence-electron chi connectivity index (χ0n) is 33.8. The molecule has 0 N–H and O–H groups in total. The van der Waals surface area contributed by atoms with Gasteiger partial charge in [0.15, 0.2) is 0 Å². The average molecular weight is 772 g/mol. The fourth-order valence-corrected chi connectivity index (χ4v) is 9.38. The minimum atomic E-state index is -0.633. The second-order valence-corrected chi connectivity index (χ2v) is 19.0. The molecule has 3 amide bonds. The molecule has 0 spiro atoms. The van der Waals surface area contributed by atoms with Crippen molar-refractivity contribution in [2.45, 2.75) is 137 Å². The molecule has 0 radical (unpaired) electrons. The maximum absolute atomic E-state index is 13.8. The lowest BCUT2D eigenvalue weighted by molar-refractivity contribution is -0.199. The fourth-order valence-electron chi connectivity index (χ4n) is 9.17. The van der Waals surface area contributed by atoms with Gasteiger partial charge >= 0.3 is 12.2 Å². The van der Waals surface area contributed by atoms with Crippen molar-refractivity contribution in [3.63, 3.8) is 0 Å². The van der Waals surface area contributed by atoms with Crippen molar-refractivity contribution in [3.05, 3.63) is 57.9 Å². The number of pyridine rings is 1. The molecule has 4 aliphatic rings. The lowest BCUT2D eigenvalue weighted by Gasteiger charge is -2.65. The highest BCUT2D eigenvalue weighted by molar-refractivity contribution is 6.31. The lowest BCUT2D eigenvalue weighted by atomic mass is 9.49. The number of fused-ring (bicyclic) bond motifs is 1. The fraction of sp³-hybridized carbons (Fsp3) is 0.605. The van der Waals surface area contributed by atoms with Crippen LogP contribution >= 0.6 is 11.6 Å². The van der Waals surface area contributed by atoms with Crippen molar-refractivity contribution >= 4 is 29.7 Å². The molecule has 0 atom stereocenters. The number of carbonyl (C=O) groups is 3. The van der Waals surface area contributed by atoms with Gasteiger partial charge in [-0.25, -0.2) is 14.6 Å². The van der Waals surface area contributed by atoms with E-state index in [1.165, 1.54) is 0 Å². The number of likely N-dealkylation sites (tertiary alicyclic amines) is 1. The van der Waals surface area contributed by atoms with E-state index >= 15 is 0 Å². The van der Waals surface area contributed by atoms with E-state index < -0.39 is 11.2 Å². The first-order valence-corrected chi connectivity index (χ1v) is 19.6. The van der Waals surface area contributed by atoms with Gasteiger partial charge in [-0.3, -0.25) is 4.79 Å². The van der Waals surface area contributed by atoms with Crippen LogP contribution in [0.2, 0.25) is 5.02 Å². The second kappa shape index (κ2) is 14.5. The summed E-state index contributed by atoms with van der Waals surface area (Å²) in [4.78, 5) is 50.4. The van der Waals surface area contributed by atoms with Crippen LogP contribution in [-0.2, 0) is 16.0 Å². The van der Waals surface area contributed by atoms with Crippen molar-refractivity contribution < 1.29 is 28.6 Å². The monoisotopic (exact) mass is 771 g/mol. The number of carbonyl (C=O) groups excluding carboxylic acids is 3. The van der Waals surface area contributed by atoms with Crippen LogP contribution in [0.5, 0.6) is 5.75 Å². The number of amides is 3. The zero-order chi connectivity index (χ0) is 40.2. The molecule has 12 heteroatoms. The molecule has 55 heavy (non-hydrogen) atoms. The highest BCUT2D eigenvalue weighted by Crippen LogP contribution is 2.59. The largest absolute Gasteiger partial charge is 0.489 e. The minimum Gasteiger partial charge on any atom is -0.489 e. The first-order chi connectivity index (χ1) is 25.6. The SMILES string of the molecule is CC(C)(C)OC(=O)N1CCC(N(C(=O)OC(C)(C)C)C2CC(C#Cc3ccc4c(n3)CN([C@H]3C(C)(C)[C@H](Oc5ccc(C#N)c(Cl)c5)C3(C)C)C4=O)C2)CC1. The molecule has 3 heterocycles. The molecule has 1 saturated heterocycles. The quantitative estimate of drug-likeness (QED) is 0.279. The molecule has 0 bridgehead atoms. The summed E-state index contributed by atoms with van der Waals surface area (Å²) in [6.45, 7) is 21.0. The smallest absolute Gasteiger partial charge is 0.410 e. The number of hydrogen-bond donors (Lipinski definition) is 0. The van der Waals surface area contributed by atoms with Gasteiger partial charge in [0.25, 0.3) is 5.91 Å². The summed E-state index contributed by atoms with van der Waals surface area (Å²) in [7, 11) is 0. The molecule has 294 valence electrons. The Bertz CT molecular complexity index is 1930. The van der Waals surface area contributed by atoms with Gasteiger partial charge in [0.2, 0.25) is 0 Å². The van der Waals surface area contributed by atoms with Crippen LogP contribution < -0.4 is 4.74 Å². The van der Waals surface area contributed by atoms with Crippen LogP contribution in [0.15, 0.2) is 30.3 Å². The molecule has 3 fully saturated rings. The first kappa shape index (κ1) is 40.2. The normalized spacial score (nSPS) is 24.3. The third-order valence-electron chi connectivity index (χ3n) is 11.2. The highest BCUT2D eigenvalue weighted by Gasteiger charge is 2.67. The molecule has 2 aromatic rings. The molecule has 0 unspecified atom stereocenters. The molecular formula is C43H54ClN5O6. The summed E-state index contributed by atoms with van der Waals surface area (Å²) in [5.74, 6) is 7.26. The summed E-state index contributed by atoms with van der Waals surface area (Å²) < 4.78 is 17.9. The number of hydrogen-bond acceptors (Lipinski definition) is 8. The van der Waals surface area contributed by atoms with Gasteiger partial charge in [-0.15, -0.1) is 0 Å². The number of piperidine rings is 1. The predicted molar refractivity (Wildman–Crippen MR) is 208 cm³/mol. The van der Waals surface area contributed by atoms with E-state index in [-0.39, 0.29) is 59.1 Å². The number of rotatable bonds is 5. The molecule has 2 saturated carbocycles. The van der Waals surface area contributed by atoms with Gasteiger partial charge in [-0.1, -0.05) is 45.2 Å². The third-order valence-corrected chi connectivity index (χ3v) is 11.5. The van der Waals surface area contributed by atoms with Crippen LogP contribution in [0.25, 0.3) is 0 Å². The standard InChI is InChI=1S/C43H54ClN5O6/c1-40(2,3)54-38(51)47-19-17-29(18-20-47)49(39(52)55-41(4,5)6)30-21-26(22-30)11-13-28-14-16-32-34(46-28)25-48(35(32)50)36-42(7,8)37(43(36,9)10)53-31-15-12-27(24-45)33(44)23-31/h12,14-16,23,26,29-30,36-37H,17-22,25H2,1-10H3/t26?,30?,36-,37-. The van der Waals surface area contributed by atoms with E-state index in [4.69, 9.17) is 30.8 Å². The lowest BCUT2D eigenvalue weighted by Crippen LogP contribution is -2.74. The van der Waals surface area contributed by atoms with Crippen molar-refractivity contribution in [1.82, 2.24) is 19.7 Å². The van der Waals surface area contributed by atoms with Crippen LogP contribution in [0.3, 0.4) is 0 Å². The predicted octanol–water partition coefficient (Wildman–Crippen LogP) is 8.21. The molecule has 11 nitrogen and oxygen atoms in total. The van der Waals surface area contributed by atoms with Crippen molar-refractivity contribution in [3.8, 4) is 23.7 Å². The van der Waals surface area contributed by atoms with Gasteiger partial charge in [-0.05, 0) is 97.4 Å². The Balaban J connectivity index is 1.09. The highest BCUT2D eigenvalue weighted by atomic mass is 35.5. The Morgan fingerprint density at radius 3 is 2.16 bits per heavy atom. The van der Waals surface area contributed by atoms with Crippen molar-refractivity contribution in [2.75, 3.05) is 13.1 Å². The Morgan fingerprint density at radius 1 is 0.945 bits per heavy atom. The van der Waals surface area contributed by atoms with E-state index in [9.17, 15) is 19.6 Å². The second-order valence-electron chi connectivity index (χ2n) is 18.6. The molecule has 1 aromatic heterocycles. The molecule has 2 aliphatic heterocycles. The summed E-state index contributed by atoms with van der Waals surface area (Å²) in [5.41, 5.74) is 0.348. The third kappa shape index (κ3) is 8.24. The minimum absolute atomic E-state index is 0.0118. The first-order valence-electron chi connectivity index (χ1n) is 19.3. The summed E-state index contributed by atoms with van der Waals surface area (Å²) in [6.07, 6.45) is 1.88. The average Bonchev–Trinajstić information content (AvgIpc) is 3.36. The topological polar surface area (TPSA) is 125 Å². The Kier molecular flexibility index (Phi) is 10.6. The van der Waals surface area contributed by atoms with Crippen LogP contribution in [0.4, 0.5) is 9.59 Å². The van der Waals surface area contributed by atoms with Crippen LogP contribution in [0, 0.1) is 39.9 Å². The Morgan fingerprint density at radius 2 is 1.58 bits per heavy atom. The number of aromatic nitrogens is 1. The van der Waals surface area contributed by atoms with Crippen molar-refractivity contribution in [1.29, 1.82) is 5.26 Å². The van der Waals surface area contributed by atoms with E-state index in [1.54, 1.807) is 23.1 Å². The summed E-state index contributed by atoms with van der Waals surface area (Å²) in [5, 5.41) is 9.60. The number of benzene rings is 1. The number of ether oxygens (including phenoxy) is 3. The molecule has 6 rings (SSSR count). The van der Waals surface area contributed by atoms with Crippen LogP contribution in [0.1, 0.15) is 122 Å². The Labute approximate surface area is 330 Å².